The third-order valence-electron chi connectivity index (χ3n) is 4.79. The third-order valence-corrected chi connectivity index (χ3v) is 4.79. The zero-order valence-electron chi connectivity index (χ0n) is 13.8. The monoisotopic (exact) mass is 318 g/mol. The van der Waals surface area contributed by atoms with E-state index in [0.717, 1.165) is 5.56 Å². The van der Waals surface area contributed by atoms with Crippen molar-refractivity contribution in [1.29, 1.82) is 5.26 Å². The average Bonchev–Trinajstić information content (AvgIpc) is 2.67. The van der Waals surface area contributed by atoms with Crippen molar-refractivity contribution >= 4 is 5.91 Å². The summed E-state index contributed by atoms with van der Waals surface area (Å²) in [5.41, 5.74) is 3.67. The lowest BCUT2D eigenvalue weighted by Gasteiger charge is -2.22. The van der Waals surface area contributed by atoms with Gasteiger partial charge in [0.1, 0.15) is 0 Å². The summed E-state index contributed by atoms with van der Waals surface area (Å²) in [5.74, 6) is 0.601. The van der Waals surface area contributed by atoms with Crippen molar-refractivity contribution in [3.8, 4) is 6.07 Å². The maximum absolute atomic E-state index is 12.3. The van der Waals surface area contributed by atoms with Crippen LogP contribution in [-0.2, 0) is 6.54 Å². The van der Waals surface area contributed by atoms with Gasteiger partial charge in [-0.25, -0.2) is 0 Å². The summed E-state index contributed by atoms with van der Waals surface area (Å²) in [6, 6.07) is 17.4. The fourth-order valence-electron chi connectivity index (χ4n) is 3.32. The Morgan fingerprint density at radius 2 is 1.67 bits per heavy atom. The largest absolute Gasteiger partial charge is 0.348 e. The Balaban J connectivity index is 1.57. The molecule has 1 N–H and O–H groups in total. The number of benzene rings is 2. The van der Waals surface area contributed by atoms with Crippen molar-refractivity contribution in [2.45, 2.75) is 44.6 Å². The molecule has 0 heterocycles. The van der Waals surface area contributed by atoms with Gasteiger partial charge in [-0.2, -0.15) is 5.26 Å². The number of hydrogen-bond acceptors (Lipinski definition) is 2. The standard InChI is InChI=1S/C21H22N2O/c22-14-16-6-8-17(9-7-16)15-23-21(24)20-12-10-19(11-13-20)18-4-2-1-3-5-18/h6-13,18H,1-5,15H2,(H,23,24). The molecular formula is C21H22N2O. The number of nitrogens with zero attached hydrogens (tertiary/aromatic N) is 1. The lowest BCUT2D eigenvalue weighted by atomic mass is 9.84. The molecule has 0 saturated heterocycles. The SMILES string of the molecule is N#Cc1ccc(CNC(=O)c2ccc(C3CCCCC3)cc2)cc1. The second-order valence-electron chi connectivity index (χ2n) is 6.45. The topological polar surface area (TPSA) is 52.9 Å². The molecule has 0 bridgehead atoms. The molecule has 3 heteroatoms. The van der Waals surface area contributed by atoms with Gasteiger partial charge in [0.2, 0.25) is 0 Å². The van der Waals surface area contributed by atoms with E-state index in [9.17, 15) is 4.79 Å². The van der Waals surface area contributed by atoms with Crippen molar-refractivity contribution in [1.82, 2.24) is 5.32 Å². The highest BCUT2D eigenvalue weighted by molar-refractivity contribution is 5.94. The summed E-state index contributed by atoms with van der Waals surface area (Å²) < 4.78 is 0. The van der Waals surface area contributed by atoms with Crippen molar-refractivity contribution in [2.75, 3.05) is 0 Å². The molecule has 0 aliphatic heterocycles. The number of rotatable bonds is 4. The molecule has 0 aromatic heterocycles. The van der Waals surface area contributed by atoms with E-state index >= 15 is 0 Å². The van der Waals surface area contributed by atoms with E-state index in [4.69, 9.17) is 5.26 Å². The van der Waals surface area contributed by atoms with Crippen molar-refractivity contribution in [2.24, 2.45) is 0 Å². The minimum absolute atomic E-state index is 0.0606. The van der Waals surface area contributed by atoms with Crippen LogP contribution < -0.4 is 5.32 Å². The van der Waals surface area contributed by atoms with Crippen LogP contribution in [0.15, 0.2) is 48.5 Å². The number of nitrogens with one attached hydrogen (secondary N) is 1. The average molecular weight is 318 g/mol. The fraction of sp³-hybridized carbons (Fsp3) is 0.333. The van der Waals surface area contributed by atoms with Crippen LogP contribution in [-0.4, -0.2) is 5.91 Å². The molecule has 1 fully saturated rings. The molecule has 2 aromatic carbocycles. The van der Waals surface area contributed by atoms with Gasteiger partial charge in [-0.3, -0.25) is 4.79 Å². The van der Waals surface area contributed by atoms with E-state index in [0.29, 0.717) is 23.6 Å². The Labute approximate surface area is 143 Å². The first-order chi connectivity index (χ1) is 11.8. The highest BCUT2D eigenvalue weighted by Crippen LogP contribution is 2.32. The van der Waals surface area contributed by atoms with Crippen molar-refractivity contribution < 1.29 is 4.79 Å². The number of carbonyl (C=O) groups is 1. The Kier molecular flexibility index (Phi) is 5.28. The smallest absolute Gasteiger partial charge is 0.251 e. The Morgan fingerprint density at radius 1 is 1.00 bits per heavy atom. The molecule has 1 aliphatic carbocycles. The second-order valence-corrected chi connectivity index (χ2v) is 6.45. The zero-order chi connectivity index (χ0) is 16.8. The van der Waals surface area contributed by atoms with E-state index < -0.39 is 0 Å². The quantitative estimate of drug-likeness (QED) is 0.900. The minimum atomic E-state index is -0.0606. The van der Waals surface area contributed by atoms with E-state index in [2.05, 4.69) is 23.5 Å². The lowest BCUT2D eigenvalue weighted by Crippen LogP contribution is -2.22. The van der Waals surface area contributed by atoms with Crippen LogP contribution >= 0.6 is 0 Å². The summed E-state index contributed by atoms with van der Waals surface area (Å²) in [4.78, 5) is 12.3. The minimum Gasteiger partial charge on any atom is -0.348 e. The van der Waals surface area contributed by atoms with Gasteiger partial charge in [-0.1, -0.05) is 43.5 Å². The summed E-state index contributed by atoms with van der Waals surface area (Å²) >= 11 is 0. The van der Waals surface area contributed by atoms with Gasteiger partial charge in [0, 0.05) is 12.1 Å². The summed E-state index contributed by atoms with van der Waals surface area (Å²) in [5, 5.41) is 11.7. The highest BCUT2D eigenvalue weighted by atomic mass is 16.1. The second kappa shape index (κ2) is 7.79. The first-order valence-corrected chi connectivity index (χ1v) is 8.63. The Hall–Kier alpha value is -2.60. The first kappa shape index (κ1) is 16.3. The van der Waals surface area contributed by atoms with Crippen LogP contribution in [0.3, 0.4) is 0 Å². The predicted molar refractivity (Wildman–Crippen MR) is 94.6 cm³/mol. The van der Waals surface area contributed by atoms with Crippen LogP contribution in [0.4, 0.5) is 0 Å². The van der Waals surface area contributed by atoms with Crippen molar-refractivity contribution in [3.63, 3.8) is 0 Å². The molecule has 3 nitrogen and oxygen atoms in total. The van der Waals surface area contributed by atoms with E-state index in [-0.39, 0.29) is 5.91 Å². The number of hydrogen-bond donors (Lipinski definition) is 1. The molecule has 0 radical (unpaired) electrons. The van der Waals surface area contributed by atoms with E-state index in [1.165, 1.54) is 37.7 Å². The van der Waals surface area contributed by atoms with E-state index in [1.54, 1.807) is 12.1 Å². The molecule has 24 heavy (non-hydrogen) atoms. The normalized spacial score (nSPS) is 14.8. The highest BCUT2D eigenvalue weighted by Gasteiger charge is 2.15. The fourth-order valence-corrected chi connectivity index (χ4v) is 3.32. The van der Waals surface area contributed by atoms with Gasteiger partial charge >= 0.3 is 0 Å². The summed E-state index contributed by atoms with van der Waals surface area (Å²) in [6.07, 6.45) is 6.52. The third kappa shape index (κ3) is 4.02. The number of nitriles is 1. The van der Waals surface area contributed by atoms with E-state index in [1.807, 2.05) is 24.3 Å². The molecule has 0 atom stereocenters. The summed E-state index contributed by atoms with van der Waals surface area (Å²) in [7, 11) is 0. The number of amides is 1. The van der Waals surface area contributed by atoms with Crippen LogP contribution in [0.1, 0.15) is 65.1 Å². The zero-order valence-corrected chi connectivity index (χ0v) is 13.8. The maximum atomic E-state index is 12.3. The van der Waals surface area contributed by atoms with Crippen molar-refractivity contribution in [3.05, 3.63) is 70.8 Å². The van der Waals surface area contributed by atoms with Crippen LogP contribution in [0, 0.1) is 11.3 Å². The van der Waals surface area contributed by atoms with Gasteiger partial charge in [0.15, 0.2) is 0 Å². The molecule has 1 amide bonds. The molecule has 2 aromatic rings. The molecular weight excluding hydrogens is 296 g/mol. The molecule has 3 rings (SSSR count). The Bertz CT molecular complexity index is 720. The maximum Gasteiger partial charge on any atom is 0.251 e. The lowest BCUT2D eigenvalue weighted by molar-refractivity contribution is 0.0951. The first-order valence-electron chi connectivity index (χ1n) is 8.63. The molecule has 1 saturated carbocycles. The summed E-state index contributed by atoms with van der Waals surface area (Å²) in [6.45, 7) is 0.467. The Morgan fingerprint density at radius 3 is 2.29 bits per heavy atom. The molecule has 0 spiro atoms. The van der Waals surface area contributed by atoms with Crippen LogP contribution in [0.25, 0.3) is 0 Å². The molecule has 0 unspecified atom stereocenters. The van der Waals surface area contributed by atoms with Gasteiger partial charge < -0.3 is 5.32 Å². The molecule has 1 aliphatic rings. The van der Waals surface area contributed by atoms with Gasteiger partial charge in [0.25, 0.3) is 5.91 Å². The van der Waals surface area contributed by atoms with Gasteiger partial charge in [-0.05, 0) is 54.2 Å². The number of carbonyl (C=O) groups excluding carboxylic acids is 1. The van der Waals surface area contributed by atoms with Gasteiger partial charge in [0.05, 0.1) is 11.6 Å². The predicted octanol–water partition coefficient (Wildman–Crippen LogP) is 4.54. The van der Waals surface area contributed by atoms with Crippen LogP contribution in [0.2, 0.25) is 0 Å². The molecule has 122 valence electrons. The van der Waals surface area contributed by atoms with Gasteiger partial charge in [-0.15, -0.1) is 0 Å². The van der Waals surface area contributed by atoms with Crippen LogP contribution in [0.5, 0.6) is 0 Å².